The van der Waals surface area contributed by atoms with Crippen molar-refractivity contribution in [2.75, 3.05) is 11.9 Å². The molecule has 0 spiro atoms. The van der Waals surface area contributed by atoms with Crippen molar-refractivity contribution >= 4 is 17.6 Å². The van der Waals surface area contributed by atoms with E-state index >= 15 is 0 Å². The predicted octanol–water partition coefficient (Wildman–Crippen LogP) is 2.50. The van der Waals surface area contributed by atoms with Gasteiger partial charge < -0.3 is 5.32 Å². The van der Waals surface area contributed by atoms with Crippen LogP contribution in [0, 0.1) is 0 Å². The quantitative estimate of drug-likeness (QED) is 0.926. The number of hydrogen-bond donors (Lipinski definition) is 1. The Morgan fingerprint density at radius 2 is 1.65 bits per heavy atom. The summed E-state index contributed by atoms with van der Waals surface area (Å²) in [5, 5.41) is 3.20. The Bertz CT molecular complexity index is 623. The molecule has 0 fully saturated rings. The summed E-state index contributed by atoms with van der Waals surface area (Å²) >= 11 is 0. The van der Waals surface area contributed by atoms with E-state index < -0.39 is 0 Å². The maximum atomic E-state index is 12.0. The molecule has 3 rings (SSSR count). The zero-order chi connectivity index (χ0) is 13.8. The van der Waals surface area contributed by atoms with Crippen molar-refractivity contribution in [1.82, 2.24) is 4.90 Å². The van der Waals surface area contributed by atoms with Gasteiger partial charge >= 0.3 is 0 Å². The molecule has 4 heteroatoms. The third-order valence-electron chi connectivity index (χ3n) is 3.13. The van der Waals surface area contributed by atoms with E-state index in [2.05, 4.69) is 10.3 Å². The normalized spacial score (nSPS) is 14.3. The van der Waals surface area contributed by atoms with Crippen LogP contribution in [0.25, 0.3) is 0 Å². The SMILES string of the molecule is O=C1CN=C(Nc2ccccc2)N1Cc1ccccc1. The van der Waals surface area contributed by atoms with Gasteiger partial charge in [0.2, 0.25) is 5.96 Å². The van der Waals surface area contributed by atoms with Crippen LogP contribution in [-0.4, -0.2) is 23.3 Å². The number of nitrogens with one attached hydrogen (secondary N) is 1. The minimum absolute atomic E-state index is 0.0206. The summed E-state index contributed by atoms with van der Waals surface area (Å²) in [4.78, 5) is 17.9. The van der Waals surface area contributed by atoms with Gasteiger partial charge in [0.15, 0.2) is 0 Å². The second-order valence-corrected chi connectivity index (χ2v) is 4.60. The lowest BCUT2D eigenvalue weighted by molar-refractivity contribution is -0.125. The Morgan fingerprint density at radius 1 is 1.00 bits per heavy atom. The van der Waals surface area contributed by atoms with Crippen LogP contribution in [0.4, 0.5) is 5.69 Å². The van der Waals surface area contributed by atoms with Crippen LogP contribution in [0.5, 0.6) is 0 Å². The number of anilines is 1. The fraction of sp³-hybridized carbons (Fsp3) is 0.125. The van der Waals surface area contributed by atoms with Crippen LogP contribution < -0.4 is 5.32 Å². The van der Waals surface area contributed by atoms with E-state index in [1.54, 1.807) is 4.90 Å². The van der Waals surface area contributed by atoms with Crippen molar-refractivity contribution in [3.8, 4) is 0 Å². The third-order valence-corrected chi connectivity index (χ3v) is 3.13. The van der Waals surface area contributed by atoms with Crippen molar-refractivity contribution < 1.29 is 4.79 Å². The number of para-hydroxylation sites is 1. The number of benzene rings is 2. The summed E-state index contributed by atoms with van der Waals surface area (Å²) < 4.78 is 0. The van der Waals surface area contributed by atoms with Crippen LogP contribution in [0.3, 0.4) is 0 Å². The molecule has 0 aromatic heterocycles. The molecule has 100 valence electrons. The van der Waals surface area contributed by atoms with E-state index in [0.29, 0.717) is 12.5 Å². The highest BCUT2D eigenvalue weighted by Crippen LogP contribution is 2.13. The van der Waals surface area contributed by atoms with Gasteiger partial charge in [0, 0.05) is 5.69 Å². The number of carbonyl (C=O) groups excluding carboxylic acids is 1. The number of rotatable bonds is 3. The molecular formula is C16H15N3O. The predicted molar refractivity (Wildman–Crippen MR) is 79.4 cm³/mol. The number of carbonyl (C=O) groups is 1. The van der Waals surface area contributed by atoms with Crippen molar-refractivity contribution in [3.05, 3.63) is 66.2 Å². The summed E-state index contributed by atoms with van der Waals surface area (Å²) in [6, 6.07) is 19.7. The first-order valence-electron chi connectivity index (χ1n) is 6.54. The van der Waals surface area contributed by atoms with Gasteiger partial charge in [-0.3, -0.25) is 9.69 Å². The standard InChI is InChI=1S/C16H15N3O/c20-15-11-17-16(18-14-9-5-2-6-10-14)19(15)12-13-7-3-1-4-8-13/h1-10H,11-12H2,(H,17,18). The monoisotopic (exact) mass is 265 g/mol. The number of amides is 1. The number of hydrogen-bond acceptors (Lipinski definition) is 3. The van der Waals surface area contributed by atoms with E-state index in [1.807, 2.05) is 60.7 Å². The number of nitrogens with zero attached hydrogens (tertiary/aromatic N) is 2. The summed E-state index contributed by atoms with van der Waals surface area (Å²) in [5.74, 6) is 0.636. The minimum Gasteiger partial charge on any atom is -0.326 e. The Labute approximate surface area is 117 Å². The largest absolute Gasteiger partial charge is 0.326 e. The van der Waals surface area contributed by atoms with Gasteiger partial charge in [0.1, 0.15) is 6.54 Å². The van der Waals surface area contributed by atoms with Crippen LogP contribution in [-0.2, 0) is 11.3 Å². The first kappa shape index (κ1) is 12.4. The second kappa shape index (κ2) is 5.57. The lowest BCUT2D eigenvalue weighted by Crippen LogP contribution is -2.36. The molecule has 1 aliphatic rings. The van der Waals surface area contributed by atoms with Crippen molar-refractivity contribution in [2.24, 2.45) is 4.99 Å². The van der Waals surface area contributed by atoms with Crippen molar-refractivity contribution in [3.63, 3.8) is 0 Å². The van der Waals surface area contributed by atoms with Crippen LogP contribution in [0.15, 0.2) is 65.7 Å². The third kappa shape index (κ3) is 2.69. The molecule has 0 atom stereocenters. The zero-order valence-electron chi connectivity index (χ0n) is 11.0. The molecule has 4 nitrogen and oxygen atoms in total. The van der Waals surface area contributed by atoms with E-state index in [1.165, 1.54) is 0 Å². The summed E-state index contributed by atoms with van der Waals surface area (Å²) in [6.07, 6.45) is 0. The van der Waals surface area contributed by atoms with Crippen molar-refractivity contribution in [2.45, 2.75) is 6.54 Å². The topological polar surface area (TPSA) is 44.7 Å². The molecule has 2 aromatic carbocycles. The molecule has 1 amide bonds. The van der Waals surface area contributed by atoms with Crippen LogP contribution in [0.2, 0.25) is 0 Å². The molecule has 0 radical (unpaired) electrons. The molecule has 0 bridgehead atoms. The van der Waals surface area contributed by atoms with Crippen LogP contribution in [0.1, 0.15) is 5.56 Å². The maximum absolute atomic E-state index is 12.0. The Morgan fingerprint density at radius 3 is 2.35 bits per heavy atom. The average Bonchev–Trinajstić information content (AvgIpc) is 2.83. The first-order chi connectivity index (χ1) is 9.83. The number of guanidine groups is 1. The highest BCUT2D eigenvalue weighted by Gasteiger charge is 2.25. The lowest BCUT2D eigenvalue weighted by Gasteiger charge is -2.19. The molecule has 0 saturated heterocycles. The molecule has 0 unspecified atom stereocenters. The molecule has 20 heavy (non-hydrogen) atoms. The lowest BCUT2D eigenvalue weighted by atomic mass is 10.2. The molecule has 1 aliphatic heterocycles. The maximum Gasteiger partial charge on any atom is 0.251 e. The Balaban J connectivity index is 1.75. The molecule has 1 N–H and O–H groups in total. The summed E-state index contributed by atoms with van der Waals surface area (Å²) in [7, 11) is 0. The fourth-order valence-electron chi connectivity index (χ4n) is 2.12. The molecule has 0 saturated carbocycles. The van der Waals surface area contributed by atoms with E-state index in [-0.39, 0.29) is 12.5 Å². The minimum atomic E-state index is 0.0206. The van der Waals surface area contributed by atoms with Gasteiger partial charge in [-0.1, -0.05) is 48.5 Å². The van der Waals surface area contributed by atoms with E-state index in [9.17, 15) is 4.79 Å². The summed E-state index contributed by atoms with van der Waals surface area (Å²) in [6.45, 7) is 0.750. The zero-order valence-corrected chi connectivity index (χ0v) is 11.0. The molecule has 0 aliphatic carbocycles. The molecule has 1 heterocycles. The fourth-order valence-corrected chi connectivity index (χ4v) is 2.12. The van der Waals surface area contributed by atoms with Gasteiger partial charge in [-0.15, -0.1) is 0 Å². The van der Waals surface area contributed by atoms with Gasteiger partial charge in [0.25, 0.3) is 5.91 Å². The highest BCUT2D eigenvalue weighted by molar-refractivity contribution is 6.08. The first-order valence-corrected chi connectivity index (χ1v) is 6.54. The highest BCUT2D eigenvalue weighted by atomic mass is 16.2. The Kier molecular flexibility index (Phi) is 3.46. The molecular weight excluding hydrogens is 250 g/mol. The van der Waals surface area contributed by atoms with Crippen molar-refractivity contribution in [1.29, 1.82) is 0 Å². The molecule has 2 aromatic rings. The van der Waals surface area contributed by atoms with Gasteiger partial charge in [-0.05, 0) is 17.7 Å². The van der Waals surface area contributed by atoms with Gasteiger partial charge in [-0.25, -0.2) is 4.99 Å². The smallest absolute Gasteiger partial charge is 0.251 e. The number of aliphatic imine (C=N–C) groups is 1. The van der Waals surface area contributed by atoms with E-state index in [0.717, 1.165) is 11.3 Å². The van der Waals surface area contributed by atoms with Gasteiger partial charge in [-0.2, -0.15) is 0 Å². The average molecular weight is 265 g/mol. The van der Waals surface area contributed by atoms with Gasteiger partial charge in [0.05, 0.1) is 6.54 Å². The Hall–Kier alpha value is -2.62. The van der Waals surface area contributed by atoms with E-state index in [4.69, 9.17) is 0 Å². The second-order valence-electron chi connectivity index (χ2n) is 4.60. The summed E-state index contributed by atoms with van der Waals surface area (Å²) in [5.41, 5.74) is 2.02. The van der Waals surface area contributed by atoms with Crippen LogP contribution >= 0.6 is 0 Å².